The van der Waals surface area contributed by atoms with Crippen molar-refractivity contribution in [2.24, 2.45) is 0 Å². The summed E-state index contributed by atoms with van der Waals surface area (Å²) in [6, 6.07) is 0. The average molecular weight is 176 g/mol. The molecule has 5 heteroatoms. The van der Waals surface area contributed by atoms with Crippen molar-refractivity contribution in [2.75, 3.05) is 7.11 Å². The number of ether oxygens (including phenoxy) is 1. The summed E-state index contributed by atoms with van der Waals surface area (Å²) in [5.74, 6) is 0.654. The minimum absolute atomic E-state index is 0.547. The van der Waals surface area contributed by atoms with Crippen molar-refractivity contribution in [1.82, 2.24) is 10.2 Å². The second-order valence-corrected chi connectivity index (χ2v) is 3.14. The monoisotopic (exact) mass is 176 g/mol. The second kappa shape index (κ2) is 3.90. The summed E-state index contributed by atoms with van der Waals surface area (Å²) < 4.78 is 4.87. The molecule has 0 aliphatic heterocycles. The first kappa shape index (κ1) is 7.97. The third-order valence-corrected chi connectivity index (χ3v) is 2.32. The van der Waals surface area contributed by atoms with Crippen molar-refractivity contribution in [1.29, 1.82) is 0 Å². The molecule has 0 saturated carbocycles. The average Bonchev–Trinajstić information content (AvgIpc) is 2.37. The predicted octanol–water partition coefficient (Wildman–Crippen LogP) is 1.11. The highest BCUT2D eigenvalue weighted by molar-refractivity contribution is 7.79. The van der Waals surface area contributed by atoms with Gasteiger partial charge in [-0.25, -0.2) is 0 Å². The molecule has 1 aromatic heterocycles. The summed E-state index contributed by atoms with van der Waals surface area (Å²) in [6.07, 6.45) is 0. The minimum atomic E-state index is 0.547. The molecule has 56 valence electrons. The molecule has 0 aliphatic carbocycles. The van der Waals surface area contributed by atoms with Gasteiger partial charge in [0.05, 0.1) is 6.61 Å². The van der Waals surface area contributed by atoms with Crippen LogP contribution in [0.3, 0.4) is 0 Å². The molecular weight excluding hydrogens is 168 g/mol. The Morgan fingerprint density at radius 3 is 2.70 bits per heavy atom. The molecule has 0 unspecified atom stereocenters. The number of methoxy groups -OCH3 is 1. The number of nitrogens with zero attached hydrogens (tertiary/aromatic N) is 2. The van der Waals surface area contributed by atoms with Crippen LogP contribution in [0.2, 0.25) is 0 Å². The molecular formula is C5H8N2OS2. The number of hydrogen-bond acceptors (Lipinski definition) is 5. The van der Waals surface area contributed by atoms with E-state index in [4.69, 9.17) is 4.74 Å². The topological polar surface area (TPSA) is 35.0 Å². The van der Waals surface area contributed by atoms with Crippen LogP contribution in [-0.4, -0.2) is 17.3 Å². The highest BCUT2D eigenvalue weighted by Crippen LogP contribution is 2.11. The van der Waals surface area contributed by atoms with Crippen LogP contribution in [0.25, 0.3) is 0 Å². The summed E-state index contributed by atoms with van der Waals surface area (Å²) in [5, 5.41) is 9.59. The Labute approximate surface area is 68.8 Å². The molecule has 1 heterocycles. The highest BCUT2D eigenvalue weighted by Gasteiger charge is 2.00. The summed E-state index contributed by atoms with van der Waals surface area (Å²) in [5.41, 5.74) is 0. The normalized spacial score (nSPS) is 10.2. The third kappa shape index (κ3) is 1.93. The molecule has 0 bridgehead atoms. The minimum Gasteiger partial charge on any atom is -0.377 e. The molecule has 0 fully saturated rings. The number of thiol groups is 1. The van der Waals surface area contributed by atoms with E-state index in [-0.39, 0.29) is 0 Å². The van der Waals surface area contributed by atoms with E-state index in [0.717, 1.165) is 10.0 Å². The summed E-state index contributed by atoms with van der Waals surface area (Å²) >= 11 is 5.59. The van der Waals surface area contributed by atoms with E-state index in [2.05, 4.69) is 22.8 Å². The standard InChI is InChI=1S/C5H8N2OS2/c1-8-2-4-6-7-5(3-9)10-4/h9H,2-3H2,1H3. The zero-order valence-corrected chi connectivity index (χ0v) is 7.28. The zero-order valence-electron chi connectivity index (χ0n) is 5.57. The van der Waals surface area contributed by atoms with E-state index >= 15 is 0 Å². The molecule has 0 N–H and O–H groups in total. The van der Waals surface area contributed by atoms with Crippen LogP contribution in [-0.2, 0) is 17.1 Å². The smallest absolute Gasteiger partial charge is 0.143 e. The fourth-order valence-electron chi connectivity index (χ4n) is 0.534. The summed E-state index contributed by atoms with van der Waals surface area (Å²) in [6.45, 7) is 0.547. The Morgan fingerprint density at radius 1 is 1.50 bits per heavy atom. The van der Waals surface area contributed by atoms with Gasteiger partial charge in [-0.3, -0.25) is 0 Å². The molecule has 0 saturated heterocycles. The highest BCUT2D eigenvalue weighted by atomic mass is 32.1. The lowest BCUT2D eigenvalue weighted by atomic mass is 10.8. The van der Waals surface area contributed by atoms with Gasteiger partial charge in [0, 0.05) is 12.9 Å². The van der Waals surface area contributed by atoms with Crippen molar-refractivity contribution in [2.45, 2.75) is 12.4 Å². The maximum Gasteiger partial charge on any atom is 0.143 e. The van der Waals surface area contributed by atoms with Crippen molar-refractivity contribution in [3.8, 4) is 0 Å². The lowest BCUT2D eigenvalue weighted by Gasteiger charge is -1.87. The molecule has 0 aliphatic rings. The van der Waals surface area contributed by atoms with E-state index in [1.165, 1.54) is 11.3 Å². The van der Waals surface area contributed by atoms with Crippen molar-refractivity contribution in [3.05, 3.63) is 10.0 Å². The van der Waals surface area contributed by atoms with Gasteiger partial charge in [-0.2, -0.15) is 12.6 Å². The zero-order chi connectivity index (χ0) is 7.40. The van der Waals surface area contributed by atoms with Crippen LogP contribution >= 0.6 is 24.0 Å². The van der Waals surface area contributed by atoms with E-state index < -0.39 is 0 Å². The molecule has 0 amide bonds. The van der Waals surface area contributed by atoms with Gasteiger partial charge in [0.15, 0.2) is 0 Å². The van der Waals surface area contributed by atoms with Gasteiger partial charge in [0.2, 0.25) is 0 Å². The van der Waals surface area contributed by atoms with Gasteiger partial charge < -0.3 is 4.74 Å². The van der Waals surface area contributed by atoms with Crippen molar-refractivity contribution in [3.63, 3.8) is 0 Å². The maximum absolute atomic E-state index is 4.87. The summed E-state index contributed by atoms with van der Waals surface area (Å²) in [7, 11) is 1.64. The van der Waals surface area contributed by atoms with Gasteiger partial charge >= 0.3 is 0 Å². The van der Waals surface area contributed by atoms with E-state index in [1.54, 1.807) is 7.11 Å². The fourth-order valence-corrected chi connectivity index (χ4v) is 1.47. The molecule has 0 atom stereocenters. The van der Waals surface area contributed by atoms with Crippen LogP contribution < -0.4 is 0 Å². The van der Waals surface area contributed by atoms with Gasteiger partial charge in [0.1, 0.15) is 10.0 Å². The first-order chi connectivity index (χ1) is 4.86. The first-order valence-corrected chi connectivity index (χ1v) is 4.22. The number of aromatic nitrogens is 2. The first-order valence-electron chi connectivity index (χ1n) is 2.78. The predicted molar refractivity (Wildman–Crippen MR) is 43.3 cm³/mol. The van der Waals surface area contributed by atoms with Crippen molar-refractivity contribution >= 4 is 24.0 Å². The van der Waals surface area contributed by atoms with Crippen LogP contribution in [0.4, 0.5) is 0 Å². The molecule has 0 spiro atoms. The lowest BCUT2D eigenvalue weighted by molar-refractivity contribution is 0.184. The Hall–Kier alpha value is -0.130. The number of rotatable bonds is 3. The van der Waals surface area contributed by atoms with E-state index in [9.17, 15) is 0 Å². The van der Waals surface area contributed by atoms with Crippen LogP contribution in [0.15, 0.2) is 0 Å². The Kier molecular flexibility index (Phi) is 3.11. The Bertz CT molecular complexity index is 201. The quantitative estimate of drug-likeness (QED) is 0.701. The molecule has 0 radical (unpaired) electrons. The van der Waals surface area contributed by atoms with Crippen molar-refractivity contribution < 1.29 is 4.74 Å². The third-order valence-electron chi connectivity index (χ3n) is 0.912. The second-order valence-electron chi connectivity index (χ2n) is 1.68. The maximum atomic E-state index is 4.87. The van der Waals surface area contributed by atoms with Crippen LogP contribution in [0.5, 0.6) is 0 Å². The molecule has 1 aromatic rings. The Morgan fingerprint density at radius 2 is 2.20 bits per heavy atom. The van der Waals surface area contributed by atoms with E-state index in [1.807, 2.05) is 0 Å². The van der Waals surface area contributed by atoms with Crippen LogP contribution in [0, 0.1) is 0 Å². The largest absolute Gasteiger partial charge is 0.377 e. The van der Waals surface area contributed by atoms with Gasteiger partial charge in [-0.1, -0.05) is 11.3 Å². The molecule has 3 nitrogen and oxygen atoms in total. The summed E-state index contributed by atoms with van der Waals surface area (Å²) in [4.78, 5) is 0. The number of hydrogen-bond donors (Lipinski definition) is 1. The van der Waals surface area contributed by atoms with Gasteiger partial charge in [-0.05, 0) is 0 Å². The van der Waals surface area contributed by atoms with Crippen LogP contribution in [0.1, 0.15) is 10.0 Å². The lowest BCUT2D eigenvalue weighted by Crippen LogP contribution is -1.84. The fraction of sp³-hybridized carbons (Fsp3) is 0.600. The molecule has 0 aromatic carbocycles. The van der Waals surface area contributed by atoms with Gasteiger partial charge in [-0.15, -0.1) is 10.2 Å². The molecule has 10 heavy (non-hydrogen) atoms. The SMILES string of the molecule is COCc1nnc(CS)s1. The van der Waals surface area contributed by atoms with Gasteiger partial charge in [0.25, 0.3) is 0 Å². The van der Waals surface area contributed by atoms with E-state index in [0.29, 0.717) is 12.4 Å². The molecule has 1 rings (SSSR count). The Balaban J connectivity index is 2.59.